The number of ether oxygens (including phenoxy) is 1. The van der Waals surface area contributed by atoms with Gasteiger partial charge in [0.1, 0.15) is 17.9 Å². The first-order valence-electron chi connectivity index (χ1n) is 8.08. The molecular weight excluding hydrogens is 329 g/mol. The first-order valence-corrected chi connectivity index (χ1v) is 8.08. The fourth-order valence-corrected chi connectivity index (χ4v) is 2.71. The highest BCUT2D eigenvalue weighted by molar-refractivity contribution is 5.76. The van der Waals surface area contributed by atoms with E-state index in [1.165, 1.54) is 0 Å². The number of hydrogen-bond acceptors (Lipinski definition) is 5. The predicted octanol–water partition coefficient (Wildman–Crippen LogP) is 3.17. The third-order valence-electron chi connectivity index (χ3n) is 4.09. The van der Waals surface area contributed by atoms with Gasteiger partial charge in [-0.1, -0.05) is 6.92 Å². The van der Waals surface area contributed by atoms with Crippen molar-refractivity contribution in [2.75, 3.05) is 31.1 Å². The van der Waals surface area contributed by atoms with Crippen molar-refractivity contribution in [2.45, 2.75) is 13.3 Å². The Morgan fingerprint density at radius 1 is 1.60 bits per heavy atom. The Bertz CT molecular complexity index is 789. The molecule has 25 heavy (non-hydrogen) atoms. The number of nitrogens with zero attached hydrogens (tertiary/aromatic N) is 2. The van der Waals surface area contributed by atoms with Crippen molar-refractivity contribution in [1.29, 1.82) is 0 Å². The van der Waals surface area contributed by atoms with Crippen molar-refractivity contribution < 1.29 is 23.4 Å². The summed E-state index contributed by atoms with van der Waals surface area (Å²) >= 11 is 0. The Morgan fingerprint density at radius 3 is 3.12 bits per heavy atom. The van der Waals surface area contributed by atoms with Gasteiger partial charge in [0.15, 0.2) is 5.58 Å². The van der Waals surface area contributed by atoms with Gasteiger partial charge in [0.2, 0.25) is 0 Å². The highest BCUT2D eigenvalue weighted by atomic mass is 19.1. The van der Waals surface area contributed by atoms with Gasteiger partial charge in [-0.05, 0) is 24.5 Å². The molecule has 0 radical (unpaired) electrons. The summed E-state index contributed by atoms with van der Waals surface area (Å²) in [5.41, 5.74) is 1.52. The summed E-state index contributed by atoms with van der Waals surface area (Å²) in [6, 6.07) is 5.81. The summed E-state index contributed by atoms with van der Waals surface area (Å²) in [5.74, 6) is 1.12. The fourth-order valence-electron chi connectivity index (χ4n) is 2.71. The lowest BCUT2D eigenvalue weighted by atomic mass is 10.2. The molecule has 1 saturated heterocycles. The highest BCUT2D eigenvalue weighted by Gasteiger charge is 2.23. The minimum Gasteiger partial charge on any atom is -0.489 e. The second-order valence-electron chi connectivity index (χ2n) is 6.18. The molecule has 0 bridgehead atoms. The maximum Gasteiger partial charge on any atom is 0.404 e. The van der Waals surface area contributed by atoms with E-state index in [2.05, 4.69) is 22.1 Å². The lowest BCUT2D eigenvalue weighted by Crippen LogP contribution is -2.25. The molecule has 1 atom stereocenters. The molecule has 1 amide bonds. The summed E-state index contributed by atoms with van der Waals surface area (Å²) in [6.45, 7) is 3.86. The van der Waals surface area contributed by atoms with E-state index in [0.29, 0.717) is 29.6 Å². The molecule has 2 N–H and O–H groups in total. The SMILES string of the molecule is C[C@H]1CCN(c2nc3ccc(OC/C(=C\F)CNC(=O)O)cc3o2)C1. The van der Waals surface area contributed by atoms with Gasteiger partial charge in [0, 0.05) is 31.3 Å². The van der Waals surface area contributed by atoms with Gasteiger partial charge in [-0.25, -0.2) is 9.18 Å². The molecule has 3 rings (SSSR count). The van der Waals surface area contributed by atoms with E-state index in [-0.39, 0.29) is 18.7 Å². The first kappa shape index (κ1) is 17.1. The Morgan fingerprint density at radius 2 is 2.44 bits per heavy atom. The molecule has 8 heteroatoms. The van der Waals surface area contributed by atoms with E-state index >= 15 is 0 Å². The van der Waals surface area contributed by atoms with Crippen LogP contribution in [0.4, 0.5) is 15.2 Å². The van der Waals surface area contributed by atoms with Crippen LogP contribution < -0.4 is 15.0 Å². The van der Waals surface area contributed by atoms with Crippen LogP contribution in [0.5, 0.6) is 5.75 Å². The predicted molar refractivity (Wildman–Crippen MR) is 90.7 cm³/mol. The van der Waals surface area contributed by atoms with Gasteiger partial charge in [0.05, 0.1) is 6.33 Å². The van der Waals surface area contributed by atoms with Crippen LogP contribution in [-0.4, -0.2) is 42.4 Å². The molecule has 2 heterocycles. The van der Waals surface area contributed by atoms with Crippen molar-refractivity contribution in [3.63, 3.8) is 0 Å². The standard InChI is InChI=1S/C17H20FN3O4/c1-11-4-5-21(9-11)16-20-14-3-2-13(6-15(14)25-16)24-10-12(7-18)8-19-17(22)23/h2-3,6-7,11,19H,4-5,8-10H2,1H3,(H,22,23)/b12-7-/t11-/m0/s1. The van der Waals surface area contributed by atoms with Gasteiger partial charge in [-0.2, -0.15) is 4.98 Å². The summed E-state index contributed by atoms with van der Waals surface area (Å²) in [6.07, 6.45) is 0.247. The smallest absolute Gasteiger partial charge is 0.404 e. The zero-order chi connectivity index (χ0) is 17.8. The highest BCUT2D eigenvalue weighted by Crippen LogP contribution is 2.29. The number of rotatable bonds is 6. The second-order valence-corrected chi connectivity index (χ2v) is 6.18. The number of benzene rings is 1. The summed E-state index contributed by atoms with van der Waals surface area (Å²) < 4.78 is 24.1. The van der Waals surface area contributed by atoms with Gasteiger partial charge in [-0.3, -0.25) is 0 Å². The number of carbonyl (C=O) groups is 1. The molecule has 1 aromatic carbocycles. The first-order chi connectivity index (χ1) is 12.0. The number of fused-ring (bicyclic) bond motifs is 1. The average Bonchev–Trinajstić information content (AvgIpc) is 3.20. The van der Waals surface area contributed by atoms with Crippen LogP contribution in [0.2, 0.25) is 0 Å². The molecule has 0 unspecified atom stereocenters. The molecule has 2 aromatic rings. The number of anilines is 1. The number of aromatic nitrogens is 1. The molecule has 0 saturated carbocycles. The van der Waals surface area contributed by atoms with Crippen molar-refractivity contribution >= 4 is 23.2 Å². The topological polar surface area (TPSA) is 87.8 Å². The molecule has 1 fully saturated rings. The molecule has 7 nitrogen and oxygen atoms in total. The Balaban J connectivity index is 1.65. The van der Waals surface area contributed by atoms with Crippen molar-refractivity contribution in [3.05, 3.63) is 30.1 Å². The van der Waals surface area contributed by atoms with E-state index in [9.17, 15) is 9.18 Å². The monoisotopic (exact) mass is 349 g/mol. The molecule has 0 spiro atoms. The minimum absolute atomic E-state index is 0.0626. The van der Waals surface area contributed by atoms with Gasteiger partial charge >= 0.3 is 6.09 Å². The Labute approximate surface area is 144 Å². The molecule has 0 aliphatic carbocycles. The lowest BCUT2D eigenvalue weighted by Gasteiger charge is -2.11. The zero-order valence-corrected chi connectivity index (χ0v) is 13.9. The van der Waals surface area contributed by atoms with E-state index in [1.807, 2.05) is 0 Å². The zero-order valence-electron chi connectivity index (χ0n) is 13.9. The number of oxazole rings is 1. The number of carboxylic acid groups (broad SMARTS) is 1. The van der Waals surface area contributed by atoms with Crippen LogP contribution >= 0.6 is 0 Å². The van der Waals surface area contributed by atoms with E-state index in [4.69, 9.17) is 14.3 Å². The van der Waals surface area contributed by atoms with Gasteiger partial charge < -0.3 is 24.5 Å². The van der Waals surface area contributed by atoms with Crippen LogP contribution in [0.1, 0.15) is 13.3 Å². The summed E-state index contributed by atoms with van der Waals surface area (Å²) in [7, 11) is 0. The Kier molecular flexibility index (Phi) is 5.06. The maximum absolute atomic E-state index is 12.8. The van der Waals surface area contributed by atoms with Crippen LogP contribution in [0, 0.1) is 5.92 Å². The van der Waals surface area contributed by atoms with E-state index in [1.54, 1.807) is 18.2 Å². The number of amides is 1. The molecule has 1 aliphatic heterocycles. The molecule has 134 valence electrons. The van der Waals surface area contributed by atoms with E-state index in [0.717, 1.165) is 25.0 Å². The van der Waals surface area contributed by atoms with Crippen LogP contribution in [0.3, 0.4) is 0 Å². The lowest BCUT2D eigenvalue weighted by molar-refractivity contribution is 0.195. The van der Waals surface area contributed by atoms with Crippen molar-refractivity contribution in [3.8, 4) is 5.75 Å². The largest absolute Gasteiger partial charge is 0.489 e. The van der Waals surface area contributed by atoms with Crippen LogP contribution in [0.15, 0.2) is 34.5 Å². The van der Waals surface area contributed by atoms with Gasteiger partial charge in [0.25, 0.3) is 6.01 Å². The van der Waals surface area contributed by atoms with Crippen molar-refractivity contribution in [1.82, 2.24) is 10.3 Å². The summed E-state index contributed by atoms with van der Waals surface area (Å²) in [4.78, 5) is 17.1. The molecular formula is C17H20FN3O4. The number of halogens is 1. The van der Waals surface area contributed by atoms with Crippen molar-refractivity contribution in [2.24, 2.45) is 5.92 Å². The average molecular weight is 349 g/mol. The second kappa shape index (κ2) is 7.42. The normalized spacial score (nSPS) is 17.9. The minimum atomic E-state index is -1.22. The Hall–Kier alpha value is -2.77. The van der Waals surface area contributed by atoms with Crippen LogP contribution in [0.25, 0.3) is 11.1 Å². The van der Waals surface area contributed by atoms with Gasteiger partial charge in [-0.15, -0.1) is 0 Å². The third-order valence-corrected chi connectivity index (χ3v) is 4.09. The summed E-state index contributed by atoms with van der Waals surface area (Å²) in [5, 5.41) is 10.6. The number of nitrogens with one attached hydrogen (secondary N) is 1. The molecule has 1 aliphatic rings. The quantitative estimate of drug-likeness (QED) is 0.833. The third kappa shape index (κ3) is 4.20. The van der Waals surface area contributed by atoms with E-state index < -0.39 is 6.09 Å². The maximum atomic E-state index is 12.8. The van der Waals surface area contributed by atoms with Crippen LogP contribution in [-0.2, 0) is 0 Å². The fraction of sp³-hybridized carbons (Fsp3) is 0.412. The number of hydrogen-bond donors (Lipinski definition) is 2. The molecule has 1 aromatic heterocycles.